The van der Waals surface area contributed by atoms with Gasteiger partial charge in [-0.25, -0.2) is 0 Å². The van der Waals surface area contributed by atoms with Crippen molar-refractivity contribution in [1.82, 2.24) is 9.80 Å². The van der Waals surface area contributed by atoms with Crippen LogP contribution in [0.2, 0.25) is 0 Å². The fourth-order valence-corrected chi connectivity index (χ4v) is 3.83. The first-order valence-electron chi connectivity index (χ1n) is 6.92. The van der Waals surface area contributed by atoms with Gasteiger partial charge in [0.25, 0.3) is 0 Å². The first-order chi connectivity index (χ1) is 10.2. The van der Waals surface area contributed by atoms with Gasteiger partial charge in [0.15, 0.2) is 0 Å². The number of piperazine rings is 1. The number of nitrogens with zero attached hydrogens (tertiary/aromatic N) is 2. The van der Waals surface area contributed by atoms with Crippen LogP contribution in [0.15, 0.2) is 21.7 Å². The second-order valence-electron chi connectivity index (χ2n) is 4.77. The third kappa shape index (κ3) is 5.33. The smallest absolute Gasteiger partial charge is 0.306 e. The van der Waals surface area contributed by atoms with E-state index in [0.29, 0.717) is 18.7 Å². The van der Waals surface area contributed by atoms with Gasteiger partial charge in [-0.2, -0.15) is 0 Å². The van der Waals surface area contributed by atoms with Crippen LogP contribution in [-0.4, -0.2) is 67.3 Å². The molecule has 0 saturated carbocycles. The van der Waals surface area contributed by atoms with Gasteiger partial charge in [0.1, 0.15) is 0 Å². The zero-order chi connectivity index (χ0) is 15.1. The Kier molecular flexibility index (Phi) is 6.53. The third-order valence-electron chi connectivity index (χ3n) is 3.42. The number of rotatable bonds is 6. The molecule has 21 heavy (non-hydrogen) atoms. The van der Waals surface area contributed by atoms with Gasteiger partial charge < -0.3 is 9.64 Å². The molecular formula is C14H20N2O3S2. The maximum absolute atomic E-state index is 12.1. The Morgan fingerprint density at radius 1 is 1.33 bits per heavy atom. The summed E-state index contributed by atoms with van der Waals surface area (Å²) in [5, 5.41) is 2.02. The van der Waals surface area contributed by atoms with E-state index in [0.717, 1.165) is 26.2 Å². The minimum absolute atomic E-state index is 0.180. The molecule has 1 amide bonds. The summed E-state index contributed by atoms with van der Waals surface area (Å²) >= 11 is 3.26. The first kappa shape index (κ1) is 16.3. The van der Waals surface area contributed by atoms with E-state index in [1.165, 1.54) is 11.3 Å². The fraction of sp³-hybridized carbons (Fsp3) is 0.571. The van der Waals surface area contributed by atoms with Gasteiger partial charge in [-0.1, -0.05) is 6.07 Å². The van der Waals surface area contributed by atoms with Gasteiger partial charge in [-0.05, 0) is 11.4 Å². The molecule has 0 atom stereocenters. The number of thiophene rings is 1. The molecule has 0 spiro atoms. The second kappa shape index (κ2) is 8.41. The molecule has 0 N–H and O–H groups in total. The summed E-state index contributed by atoms with van der Waals surface area (Å²) in [4.78, 5) is 27.4. The van der Waals surface area contributed by atoms with Crippen molar-refractivity contribution in [1.29, 1.82) is 0 Å². The SMILES string of the molecule is COC(=O)CCN1CCN(C(=O)CSc2cccs2)CC1. The van der Waals surface area contributed by atoms with Crippen LogP contribution < -0.4 is 0 Å². The Bertz CT molecular complexity index is 457. The molecule has 0 aliphatic carbocycles. The zero-order valence-corrected chi connectivity index (χ0v) is 13.8. The molecule has 5 nitrogen and oxygen atoms in total. The predicted molar refractivity (Wildman–Crippen MR) is 84.7 cm³/mol. The highest BCUT2D eigenvalue weighted by molar-refractivity contribution is 8.01. The average molecular weight is 328 g/mol. The summed E-state index contributed by atoms with van der Waals surface area (Å²) in [6.45, 7) is 3.84. The number of hydrogen-bond donors (Lipinski definition) is 0. The van der Waals surface area contributed by atoms with E-state index < -0.39 is 0 Å². The lowest BCUT2D eigenvalue weighted by molar-refractivity contribution is -0.141. The standard InChI is InChI=1S/C14H20N2O3S2/c1-19-13(18)4-5-15-6-8-16(9-7-15)12(17)11-21-14-3-2-10-20-14/h2-3,10H,4-9,11H2,1H3. The van der Waals surface area contributed by atoms with Crippen LogP contribution in [0.1, 0.15) is 6.42 Å². The Labute approximate surface area is 133 Å². The van der Waals surface area contributed by atoms with E-state index in [9.17, 15) is 9.59 Å². The normalized spacial score (nSPS) is 16.0. The minimum Gasteiger partial charge on any atom is -0.469 e. The Balaban J connectivity index is 1.66. The van der Waals surface area contributed by atoms with Crippen LogP contribution in [-0.2, 0) is 14.3 Å². The maximum Gasteiger partial charge on any atom is 0.306 e. The summed E-state index contributed by atoms with van der Waals surface area (Å²) in [6, 6.07) is 4.03. The number of carbonyl (C=O) groups excluding carboxylic acids is 2. The molecule has 0 radical (unpaired) electrons. The van der Waals surface area contributed by atoms with Gasteiger partial charge in [-0.15, -0.1) is 23.1 Å². The first-order valence-corrected chi connectivity index (χ1v) is 8.79. The number of hydrogen-bond acceptors (Lipinski definition) is 6. The molecule has 7 heteroatoms. The number of ether oxygens (including phenoxy) is 1. The van der Waals surface area contributed by atoms with Crippen LogP contribution in [0.4, 0.5) is 0 Å². The zero-order valence-electron chi connectivity index (χ0n) is 12.1. The summed E-state index contributed by atoms with van der Waals surface area (Å²) in [5.41, 5.74) is 0. The number of methoxy groups -OCH3 is 1. The molecular weight excluding hydrogens is 308 g/mol. The summed E-state index contributed by atoms with van der Waals surface area (Å²) in [6.07, 6.45) is 0.415. The van der Waals surface area contributed by atoms with Crippen molar-refractivity contribution in [3.8, 4) is 0 Å². The van der Waals surface area contributed by atoms with E-state index in [1.54, 1.807) is 23.1 Å². The Morgan fingerprint density at radius 3 is 2.71 bits per heavy atom. The molecule has 1 aromatic rings. The molecule has 116 valence electrons. The van der Waals surface area contributed by atoms with Crippen molar-refractivity contribution in [2.24, 2.45) is 0 Å². The predicted octanol–water partition coefficient (Wildman–Crippen LogP) is 1.55. The molecule has 2 rings (SSSR count). The van der Waals surface area contributed by atoms with Crippen molar-refractivity contribution < 1.29 is 14.3 Å². The summed E-state index contributed by atoms with van der Waals surface area (Å²) < 4.78 is 5.82. The molecule has 2 heterocycles. The van der Waals surface area contributed by atoms with E-state index in [1.807, 2.05) is 22.4 Å². The molecule has 1 aliphatic rings. The van der Waals surface area contributed by atoms with Gasteiger partial charge >= 0.3 is 5.97 Å². The van der Waals surface area contributed by atoms with Gasteiger partial charge in [0.05, 0.1) is 23.5 Å². The number of carbonyl (C=O) groups is 2. The Morgan fingerprint density at radius 2 is 2.10 bits per heavy atom. The van der Waals surface area contributed by atoms with E-state index in [2.05, 4.69) is 9.64 Å². The van der Waals surface area contributed by atoms with E-state index in [4.69, 9.17) is 0 Å². The van der Waals surface area contributed by atoms with Crippen molar-refractivity contribution >= 4 is 35.0 Å². The lowest BCUT2D eigenvalue weighted by Crippen LogP contribution is -2.49. The minimum atomic E-state index is -0.180. The van der Waals surface area contributed by atoms with Crippen LogP contribution in [0.3, 0.4) is 0 Å². The average Bonchev–Trinajstić information content (AvgIpc) is 3.04. The lowest BCUT2D eigenvalue weighted by atomic mass is 10.3. The molecule has 1 saturated heterocycles. The molecule has 0 bridgehead atoms. The largest absolute Gasteiger partial charge is 0.469 e. The van der Waals surface area contributed by atoms with Crippen LogP contribution >= 0.6 is 23.1 Å². The van der Waals surface area contributed by atoms with Gasteiger partial charge in [0.2, 0.25) is 5.91 Å². The van der Waals surface area contributed by atoms with E-state index in [-0.39, 0.29) is 11.9 Å². The molecule has 1 aromatic heterocycles. The monoisotopic (exact) mass is 328 g/mol. The molecule has 0 aromatic carbocycles. The van der Waals surface area contributed by atoms with Crippen molar-refractivity contribution in [3.05, 3.63) is 17.5 Å². The van der Waals surface area contributed by atoms with Gasteiger partial charge in [-0.3, -0.25) is 14.5 Å². The fourth-order valence-electron chi connectivity index (χ4n) is 2.14. The summed E-state index contributed by atoms with van der Waals surface area (Å²) in [5.74, 6) is 0.518. The van der Waals surface area contributed by atoms with Crippen LogP contribution in [0.5, 0.6) is 0 Å². The summed E-state index contributed by atoms with van der Waals surface area (Å²) in [7, 11) is 1.41. The molecule has 0 unspecified atom stereocenters. The van der Waals surface area contributed by atoms with Crippen LogP contribution in [0, 0.1) is 0 Å². The number of amides is 1. The van der Waals surface area contributed by atoms with Crippen molar-refractivity contribution in [3.63, 3.8) is 0 Å². The third-order valence-corrected chi connectivity index (χ3v) is 5.53. The lowest BCUT2D eigenvalue weighted by Gasteiger charge is -2.34. The van der Waals surface area contributed by atoms with E-state index >= 15 is 0 Å². The quantitative estimate of drug-likeness (QED) is 0.586. The highest BCUT2D eigenvalue weighted by atomic mass is 32.2. The number of thioether (sulfide) groups is 1. The highest BCUT2D eigenvalue weighted by Gasteiger charge is 2.21. The van der Waals surface area contributed by atoms with Crippen molar-refractivity contribution in [2.75, 3.05) is 45.6 Å². The van der Waals surface area contributed by atoms with Crippen molar-refractivity contribution in [2.45, 2.75) is 10.6 Å². The molecule has 1 fully saturated rings. The molecule has 1 aliphatic heterocycles. The topological polar surface area (TPSA) is 49.9 Å². The highest BCUT2D eigenvalue weighted by Crippen LogP contribution is 2.23. The Hall–Kier alpha value is -1.05. The second-order valence-corrected chi connectivity index (χ2v) is 6.99. The maximum atomic E-state index is 12.1. The number of esters is 1. The van der Waals surface area contributed by atoms with Gasteiger partial charge in [0, 0.05) is 32.7 Å². The van der Waals surface area contributed by atoms with Crippen LogP contribution in [0.25, 0.3) is 0 Å².